The quantitative estimate of drug-likeness (QED) is 0.729. The van der Waals surface area contributed by atoms with Gasteiger partial charge in [0.2, 0.25) is 5.91 Å². The van der Waals surface area contributed by atoms with Crippen LogP contribution in [0.2, 0.25) is 0 Å². The highest BCUT2D eigenvalue weighted by molar-refractivity contribution is 5.78. The number of nitrogens with zero attached hydrogens (tertiary/aromatic N) is 2. The Kier molecular flexibility index (Phi) is 3.85. The average molecular weight is 224 g/mol. The monoisotopic (exact) mass is 224 g/mol. The van der Waals surface area contributed by atoms with Crippen molar-refractivity contribution in [1.82, 2.24) is 9.80 Å². The summed E-state index contributed by atoms with van der Waals surface area (Å²) >= 11 is 0. The summed E-state index contributed by atoms with van der Waals surface area (Å²) in [6, 6.07) is 0.834. The van der Waals surface area contributed by atoms with Gasteiger partial charge in [0.1, 0.15) is 0 Å². The minimum Gasteiger partial charge on any atom is -0.340 e. The third-order valence-electron chi connectivity index (χ3n) is 4.25. The van der Waals surface area contributed by atoms with Gasteiger partial charge < -0.3 is 4.90 Å². The number of hydrogen-bond acceptors (Lipinski definition) is 2. The van der Waals surface area contributed by atoms with Crippen LogP contribution < -0.4 is 0 Å². The first-order valence-corrected chi connectivity index (χ1v) is 6.75. The molecule has 2 rings (SSSR count). The van der Waals surface area contributed by atoms with Gasteiger partial charge in [-0.05, 0) is 19.3 Å². The lowest BCUT2D eigenvalue weighted by molar-refractivity contribution is -0.137. The van der Waals surface area contributed by atoms with Gasteiger partial charge in [0.25, 0.3) is 0 Å². The second-order valence-electron chi connectivity index (χ2n) is 5.26. The summed E-state index contributed by atoms with van der Waals surface area (Å²) in [7, 11) is 0. The fourth-order valence-corrected chi connectivity index (χ4v) is 2.55. The number of rotatable bonds is 3. The van der Waals surface area contributed by atoms with Gasteiger partial charge in [-0.1, -0.05) is 20.3 Å². The van der Waals surface area contributed by atoms with Crippen LogP contribution in [0, 0.1) is 5.92 Å². The van der Waals surface area contributed by atoms with Gasteiger partial charge in [-0.25, -0.2) is 0 Å². The lowest BCUT2D eigenvalue weighted by Gasteiger charge is -2.43. The molecule has 3 nitrogen and oxygen atoms in total. The number of piperazine rings is 1. The highest BCUT2D eigenvalue weighted by Gasteiger charge is 2.30. The molecule has 1 unspecified atom stereocenters. The molecule has 1 heterocycles. The zero-order chi connectivity index (χ0) is 11.5. The van der Waals surface area contributed by atoms with Crippen molar-refractivity contribution < 1.29 is 4.79 Å². The van der Waals surface area contributed by atoms with E-state index in [1.807, 2.05) is 6.92 Å². The normalized spacial score (nSPS) is 25.2. The first kappa shape index (κ1) is 11.9. The fraction of sp³-hybridized carbons (Fsp3) is 0.923. The second kappa shape index (κ2) is 5.17. The Bertz CT molecular complexity index is 242. The predicted octanol–water partition coefficient (Wildman–Crippen LogP) is 1.73. The van der Waals surface area contributed by atoms with Crippen LogP contribution in [0.3, 0.4) is 0 Å². The summed E-state index contributed by atoms with van der Waals surface area (Å²) in [5.74, 6) is 0.561. The SMILES string of the molecule is CCC(C)C(=O)N1CCN(C2CCC2)CC1. The Morgan fingerprint density at radius 3 is 2.31 bits per heavy atom. The van der Waals surface area contributed by atoms with Gasteiger partial charge in [0.05, 0.1) is 0 Å². The van der Waals surface area contributed by atoms with Gasteiger partial charge in [-0.15, -0.1) is 0 Å². The van der Waals surface area contributed by atoms with E-state index in [2.05, 4.69) is 16.7 Å². The summed E-state index contributed by atoms with van der Waals surface area (Å²) in [6.07, 6.45) is 5.11. The molecule has 0 aromatic heterocycles. The molecule has 1 saturated carbocycles. The minimum atomic E-state index is 0.204. The van der Waals surface area contributed by atoms with Crippen LogP contribution in [0.4, 0.5) is 0 Å². The third kappa shape index (κ3) is 2.40. The van der Waals surface area contributed by atoms with E-state index in [0.717, 1.165) is 38.6 Å². The molecule has 3 heteroatoms. The molecule has 16 heavy (non-hydrogen) atoms. The zero-order valence-electron chi connectivity index (χ0n) is 10.6. The van der Waals surface area contributed by atoms with Crippen molar-refractivity contribution in [2.75, 3.05) is 26.2 Å². The summed E-state index contributed by atoms with van der Waals surface area (Å²) in [6.45, 7) is 8.20. The second-order valence-corrected chi connectivity index (χ2v) is 5.26. The average Bonchev–Trinajstić information content (AvgIpc) is 2.26. The molecule has 0 aromatic rings. The summed E-state index contributed by atoms with van der Waals surface area (Å²) in [4.78, 5) is 16.6. The Hall–Kier alpha value is -0.570. The number of amides is 1. The van der Waals surface area contributed by atoms with E-state index < -0.39 is 0 Å². The van der Waals surface area contributed by atoms with Crippen LogP contribution in [-0.4, -0.2) is 47.9 Å². The molecule has 0 spiro atoms. The van der Waals surface area contributed by atoms with E-state index in [1.165, 1.54) is 19.3 Å². The maximum absolute atomic E-state index is 12.0. The topological polar surface area (TPSA) is 23.6 Å². The summed E-state index contributed by atoms with van der Waals surface area (Å²) in [5, 5.41) is 0. The maximum atomic E-state index is 12.0. The summed E-state index contributed by atoms with van der Waals surface area (Å²) in [5.41, 5.74) is 0. The van der Waals surface area contributed by atoms with Crippen molar-refractivity contribution in [1.29, 1.82) is 0 Å². The van der Waals surface area contributed by atoms with E-state index in [9.17, 15) is 4.79 Å². The molecule has 1 amide bonds. The minimum absolute atomic E-state index is 0.204. The van der Waals surface area contributed by atoms with E-state index in [0.29, 0.717) is 5.91 Å². The third-order valence-corrected chi connectivity index (χ3v) is 4.25. The lowest BCUT2D eigenvalue weighted by Crippen LogP contribution is -2.54. The molecule has 1 aliphatic heterocycles. The molecular formula is C13H24N2O. The van der Waals surface area contributed by atoms with Crippen molar-refractivity contribution in [3.05, 3.63) is 0 Å². The van der Waals surface area contributed by atoms with Gasteiger partial charge >= 0.3 is 0 Å². The summed E-state index contributed by atoms with van der Waals surface area (Å²) < 4.78 is 0. The molecule has 92 valence electrons. The fourth-order valence-electron chi connectivity index (χ4n) is 2.55. The molecule has 0 radical (unpaired) electrons. The van der Waals surface area contributed by atoms with Crippen LogP contribution in [-0.2, 0) is 4.79 Å². The Morgan fingerprint density at radius 2 is 1.88 bits per heavy atom. The predicted molar refractivity (Wildman–Crippen MR) is 65.2 cm³/mol. The van der Waals surface area contributed by atoms with Crippen molar-refractivity contribution >= 4 is 5.91 Å². The van der Waals surface area contributed by atoms with E-state index >= 15 is 0 Å². The van der Waals surface area contributed by atoms with Gasteiger partial charge in [-0.3, -0.25) is 9.69 Å². The highest BCUT2D eigenvalue weighted by atomic mass is 16.2. The largest absolute Gasteiger partial charge is 0.340 e. The van der Waals surface area contributed by atoms with Gasteiger partial charge in [0, 0.05) is 38.1 Å². The van der Waals surface area contributed by atoms with Gasteiger partial charge in [0.15, 0.2) is 0 Å². The number of carbonyl (C=O) groups excluding carboxylic acids is 1. The van der Waals surface area contributed by atoms with Crippen molar-refractivity contribution in [2.24, 2.45) is 5.92 Å². The van der Waals surface area contributed by atoms with E-state index in [-0.39, 0.29) is 5.92 Å². The molecule has 2 fully saturated rings. The molecule has 0 aromatic carbocycles. The molecule has 1 atom stereocenters. The van der Waals surface area contributed by atoms with Crippen LogP contribution in [0.5, 0.6) is 0 Å². The molecular weight excluding hydrogens is 200 g/mol. The molecule has 0 bridgehead atoms. The van der Waals surface area contributed by atoms with Crippen LogP contribution in [0.15, 0.2) is 0 Å². The first-order valence-electron chi connectivity index (χ1n) is 6.75. The number of hydrogen-bond donors (Lipinski definition) is 0. The smallest absolute Gasteiger partial charge is 0.225 e. The van der Waals surface area contributed by atoms with Crippen LogP contribution in [0.1, 0.15) is 39.5 Å². The van der Waals surface area contributed by atoms with Crippen molar-refractivity contribution in [2.45, 2.75) is 45.6 Å². The Balaban J connectivity index is 1.77. The molecule has 0 N–H and O–H groups in total. The standard InChI is InChI=1S/C13H24N2O/c1-3-11(2)13(16)15-9-7-14(8-10-15)12-5-4-6-12/h11-12H,3-10H2,1-2H3. The lowest BCUT2D eigenvalue weighted by atomic mass is 9.91. The number of carbonyl (C=O) groups is 1. The van der Waals surface area contributed by atoms with E-state index in [4.69, 9.17) is 0 Å². The van der Waals surface area contributed by atoms with Crippen molar-refractivity contribution in [3.8, 4) is 0 Å². The van der Waals surface area contributed by atoms with E-state index in [1.54, 1.807) is 0 Å². The zero-order valence-corrected chi connectivity index (χ0v) is 10.6. The first-order chi connectivity index (χ1) is 7.72. The van der Waals surface area contributed by atoms with Crippen molar-refractivity contribution in [3.63, 3.8) is 0 Å². The molecule has 2 aliphatic rings. The molecule has 1 saturated heterocycles. The Morgan fingerprint density at radius 1 is 1.25 bits per heavy atom. The molecule has 1 aliphatic carbocycles. The Labute approximate surface area is 98.8 Å². The van der Waals surface area contributed by atoms with Crippen LogP contribution >= 0.6 is 0 Å². The maximum Gasteiger partial charge on any atom is 0.225 e. The highest BCUT2D eigenvalue weighted by Crippen LogP contribution is 2.25. The van der Waals surface area contributed by atoms with Crippen LogP contribution in [0.25, 0.3) is 0 Å². The van der Waals surface area contributed by atoms with Gasteiger partial charge in [-0.2, -0.15) is 0 Å².